The second-order valence-electron chi connectivity index (χ2n) is 5.56. The molecule has 0 saturated carbocycles. The van der Waals surface area contributed by atoms with Gasteiger partial charge in [-0.25, -0.2) is 0 Å². The van der Waals surface area contributed by atoms with Crippen LogP contribution in [0.15, 0.2) is 30.3 Å². The largest absolute Gasteiger partial charge is 0.340 e. The molecule has 1 saturated heterocycles. The Morgan fingerprint density at radius 2 is 2.10 bits per heavy atom. The first kappa shape index (κ1) is 18.0. The van der Waals surface area contributed by atoms with Crippen LogP contribution in [0.5, 0.6) is 0 Å². The lowest BCUT2D eigenvalue weighted by molar-refractivity contribution is -0.131. The van der Waals surface area contributed by atoms with Gasteiger partial charge in [-0.3, -0.25) is 9.69 Å². The Balaban J connectivity index is 0.00000220. The van der Waals surface area contributed by atoms with Crippen molar-refractivity contribution in [3.63, 3.8) is 0 Å². The summed E-state index contributed by atoms with van der Waals surface area (Å²) in [5.74, 6) is 0.205. The SMILES string of the molecule is CNCC1CCCN1CC(=O)N(C)Cc1ccccc1.Cl. The van der Waals surface area contributed by atoms with Crippen LogP contribution in [0.1, 0.15) is 18.4 Å². The number of nitrogens with one attached hydrogen (secondary N) is 1. The van der Waals surface area contributed by atoms with Crippen molar-refractivity contribution < 1.29 is 4.79 Å². The highest BCUT2D eigenvalue weighted by molar-refractivity contribution is 5.85. The van der Waals surface area contributed by atoms with E-state index in [0.717, 1.165) is 13.1 Å². The van der Waals surface area contributed by atoms with Crippen LogP contribution in [0.2, 0.25) is 0 Å². The monoisotopic (exact) mass is 311 g/mol. The Labute approximate surface area is 133 Å². The molecule has 1 aliphatic heterocycles. The fourth-order valence-electron chi connectivity index (χ4n) is 2.81. The van der Waals surface area contributed by atoms with Crippen LogP contribution in [0, 0.1) is 0 Å². The van der Waals surface area contributed by atoms with Crippen molar-refractivity contribution in [3.8, 4) is 0 Å². The van der Waals surface area contributed by atoms with Crippen LogP contribution < -0.4 is 5.32 Å². The van der Waals surface area contributed by atoms with Crippen LogP contribution in [0.3, 0.4) is 0 Å². The molecule has 0 aromatic heterocycles. The van der Waals surface area contributed by atoms with E-state index in [4.69, 9.17) is 0 Å². The highest BCUT2D eigenvalue weighted by Crippen LogP contribution is 2.16. The first-order chi connectivity index (χ1) is 9.70. The molecule has 1 N–H and O–H groups in total. The van der Waals surface area contributed by atoms with E-state index < -0.39 is 0 Å². The van der Waals surface area contributed by atoms with Crippen LogP contribution in [-0.4, -0.2) is 55.5 Å². The van der Waals surface area contributed by atoms with Gasteiger partial charge < -0.3 is 10.2 Å². The molecule has 1 aromatic rings. The number of nitrogens with zero attached hydrogens (tertiary/aromatic N) is 2. The Morgan fingerprint density at radius 1 is 1.38 bits per heavy atom. The second kappa shape index (κ2) is 9.03. The van der Waals surface area contributed by atoms with Crippen LogP contribution in [-0.2, 0) is 11.3 Å². The molecule has 0 radical (unpaired) electrons. The average molecular weight is 312 g/mol. The van der Waals surface area contributed by atoms with Gasteiger partial charge in [0.25, 0.3) is 0 Å². The number of carbonyl (C=O) groups excluding carboxylic acids is 1. The number of benzene rings is 1. The lowest BCUT2D eigenvalue weighted by Crippen LogP contribution is -2.43. The Hall–Kier alpha value is -1.10. The van der Waals surface area contributed by atoms with Gasteiger partial charge in [-0.1, -0.05) is 30.3 Å². The summed E-state index contributed by atoms with van der Waals surface area (Å²) >= 11 is 0. The van der Waals surface area contributed by atoms with E-state index in [1.807, 2.05) is 37.2 Å². The molecule has 2 rings (SSSR count). The highest BCUT2D eigenvalue weighted by atomic mass is 35.5. The Bertz CT molecular complexity index is 427. The zero-order chi connectivity index (χ0) is 14.4. The summed E-state index contributed by atoms with van der Waals surface area (Å²) in [5, 5.41) is 3.22. The summed E-state index contributed by atoms with van der Waals surface area (Å²) in [4.78, 5) is 16.4. The Kier molecular flexibility index (Phi) is 7.72. The number of amides is 1. The third-order valence-electron chi connectivity index (χ3n) is 3.97. The second-order valence-corrected chi connectivity index (χ2v) is 5.56. The molecule has 1 aliphatic rings. The van der Waals surface area contributed by atoms with E-state index in [1.54, 1.807) is 0 Å². The molecule has 0 aliphatic carbocycles. The number of rotatable bonds is 6. The molecule has 5 heteroatoms. The standard InChI is InChI=1S/C16H25N3O.ClH/c1-17-11-15-9-6-10-19(15)13-16(20)18(2)12-14-7-4-3-5-8-14;/h3-5,7-8,15,17H,6,9-13H2,1-2H3;1H. The van der Waals surface area contributed by atoms with Crippen molar-refractivity contribution in [2.24, 2.45) is 0 Å². The van der Waals surface area contributed by atoms with Gasteiger partial charge >= 0.3 is 0 Å². The molecule has 1 amide bonds. The fourth-order valence-corrected chi connectivity index (χ4v) is 2.81. The summed E-state index contributed by atoms with van der Waals surface area (Å²) in [6, 6.07) is 10.6. The maximum atomic E-state index is 12.3. The summed E-state index contributed by atoms with van der Waals surface area (Å²) in [6.45, 7) is 3.23. The molecular weight excluding hydrogens is 286 g/mol. The van der Waals surface area contributed by atoms with Crippen molar-refractivity contribution >= 4 is 18.3 Å². The number of likely N-dealkylation sites (N-methyl/N-ethyl adjacent to an activating group) is 2. The lowest BCUT2D eigenvalue weighted by atomic mass is 10.2. The number of hydrogen-bond acceptors (Lipinski definition) is 3. The molecule has 0 spiro atoms. The maximum Gasteiger partial charge on any atom is 0.236 e. The quantitative estimate of drug-likeness (QED) is 0.869. The van der Waals surface area contributed by atoms with Crippen molar-refractivity contribution in [1.82, 2.24) is 15.1 Å². The molecule has 0 bridgehead atoms. The summed E-state index contributed by atoms with van der Waals surface area (Å²) < 4.78 is 0. The number of likely N-dealkylation sites (tertiary alicyclic amines) is 1. The minimum atomic E-state index is 0. The van der Waals surface area contributed by atoms with Crippen LogP contribution >= 0.6 is 12.4 Å². The first-order valence-electron chi connectivity index (χ1n) is 7.37. The zero-order valence-corrected chi connectivity index (χ0v) is 13.7. The van der Waals surface area contributed by atoms with Crippen molar-refractivity contribution in [1.29, 1.82) is 0 Å². The molecular formula is C16H26ClN3O. The number of halogens is 1. The summed E-state index contributed by atoms with van der Waals surface area (Å²) in [6.07, 6.45) is 2.39. The van der Waals surface area contributed by atoms with Gasteiger partial charge in [0.1, 0.15) is 0 Å². The molecule has 1 heterocycles. The molecule has 1 fully saturated rings. The number of hydrogen-bond donors (Lipinski definition) is 1. The van der Waals surface area contributed by atoms with Crippen molar-refractivity contribution in [2.75, 3.05) is 33.7 Å². The third kappa shape index (κ3) is 5.30. The van der Waals surface area contributed by atoms with E-state index in [9.17, 15) is 4.79 Å². The predicted octanol–water partition coefficient (Wildman–Crippen LogP) is 1.75. The van der Waals surface area contributed by atoms with Gasteiger partial charge in [0.15, 0.2) is 0 Å². The Morgan fingerprint density at radius 3 is 2.76 bits per heavy atom. The van der Waals surface area contributed by atoms with Gasteiger partial charge in [-0.15, -0.1) is 12.4 Å². The molecule has 1 unspecified atom stereocenters. The average Bonchev–Trinajstić information content (AvgIpc) is 2.87. The van der Waals surface area contributed by atoms with Gasteiger partial charge in [-0.05, 0) is 32.0 Å². The smallest absolute Gasteiger partial charge is 0.236 e. The van der Waals surface area contributed by atoms with Gasteiger partial charge in [0, 0.05) is 26.2 Å². The third-order valence-corrected chi connectivity index (χ3v) is 3.97. The number of carbonyl (C=O) groups is 1. The van der Waals surface area contributed by atoms with Crippen molar-refractivity contribution in [3.05, 3.63) is 35.9 Å². The summed E-state index contributed by atoms with van der Waals surface area (Å²) in [5.41, 5.74) is 1.18. The zero-order valence-electron chi connectivity index (χ0n) is 12.9. The van der Waals surface area contributed by atoms with E-state index in [-0.39, 0.29) is 18.3 Å². The minimum Gasteiger partial charge on any atom is -0.340 e. The molecule has 1 aromatic carbocycles. The van der Waals surface area contributed by atoms with Crippen LogP contribution in [0.4, 0.5) is 0 Å². The van der Waals surface area contributed by atoms with Gasteiger partial charge in [0.05, 0.1) is 6.54 Å². The first-order valence-corrected chi connectivity index (χ1v) is 7.37. The highest BCUT2D eigenvalue weighted by Gasteiger charge is 2.26. The van der Waals surface area contributed by atoms with Gasteiger partial charge in [-0.2, -0.15) is 0 Å². The van der Waals surface area contributed by atoms with E-state index >= 15 is 0 Å². The summed E-state index contributed by atoms with van der Waals surface area (Å²) in [7, 11) is 3.86. The van der Waals surface area contributed by atoms with Crippen LogP contribution in [0.25, 0.3) is 0 Å². The molecule has 118 valence electrons. The lowest BCUT2D eigenvalue weighted by Gasteiger charge is -2.26. The van der Waals surface area contributed by atoms with E-state index in [1.165, 1.54) is 18.4 Å². The van der Waals surface area contributed by atoms with Gasteiger partial charge in [0.2, 0.25) is 5.91 Å². The fraction of sp³-hybridized carbons (Fsp3) is 0.562. The molecule has 21 heavy (non-hydrogen) atoms. The predicted molar refractivity (Wildman–Crippen MR) is 88.7 cm³/mol. The molecule has 1 atom stereocenters. The van der Waals surface area contributed by atoms with Crippen molar-refractivity contribution in [2.45, 2.75) is 25.4 Å². The van der Waals surface area contributed by atoms with E-state index in [2.05, 4.69) is 22.3 Å². The van der Waals surface area contributed by atoms with E-state index in [0.29, 0.717) is 19.1 Å². The normalized spacial score (nSPS) is 18.3. The minimum absolute atomic E-state index is 0. The topological polar surface area (TPSA) is 35.6 Å². The maximum absolute atomic E-state index is 12.3. The molecule has 4 nitrogen and oxygen atoms in total.